The van der Waals surface area contributed by atoms with E-state index < -0.39 is 5.54 Å². The summed E-state index contributed by atoms with van der Waals surface area (Å²) in [5, 5.41) is 4.18. The zero-order valence-electron chi connectivity index (χ0n) is 9.43. The molecule has 2 atom stereocenters. The van der Waals surface area contributed by atoms with E-state index in [9.17, 15) is 4.79 Å². The van der Waals surface area contributed by atoms with Gasteiger partial charge >= 0.3 is 5.97 Å². The maximum Gasteiger partial charge on any atom is 0.326 e. The fraction of sp³-hybridized carbons (Fsp3) is 0.636. The van der Waals surface area contributed by atoms with Crippen LogP contribution >= 0.6 is 0 Å². The molecule has 0 spiro atoms. The van der Waals surface area contributed by atoms with Gasteiger partial charge in [-0.3, -0.25) is 9.48 Å². The largest absolute Gasteiger partial charge is 0.465 e. The fourth-order valence-corrected chi connectivity index (χ4v) is 2.23. The van der Waals surface area contributed by atoms with Gasteiger partial charge in [0.25, 0.3) is 0 Å². The third kappa shape index (κ3) is 1.95. The lowest BCUT2D eigenvalue weighted by atomic mass is 9.99. The van der Waals surface area contributed by atoms with Crippen LogP contribution in [-0.4, -0.2) is 27.9 Å². The molecule has 5 nitrogen and oxygen atoms in total. The number of nitrogens with zero attached hydrogens (tertiary/aromatic N) is 2. The molecule has 1 aromatic heterocycles. The van der Waals surface area contributed by atoms with Crippen molar-refractivity contribution in [3.63, 3.8) is 0 Å². The molecular formula is C11H17N3O2. The Morgan fingerprint density at radius 1 is 1.75 bits per heavy atom. The Labute approximate surface area is 94.6 Å². The molecule has 1 aliphatic rings. The molecule has 0 bridgehead atoms. The molecule has 0 aromatic carbocycles. The Hall–Kier alpha value is -1.36. The number of aromatic nitrogens is 2. The van der Waals surface area contributed by atoms with Crippen molar-refractivity contribution in [3.8, 4) is 0 Å². The Morgan fingerprint density at radius 3 is 3.19 bits per heavy atom. The van der Waals surface area contributed by atoms with Gasteiger partial charge in [0, 0.05) is 12.4 Å². The van der Waals surface area contributed by atoms with E-state index in [1.54, 1.807) is 13.1 Å². The molecule has 16 heavy (non-hydrogen) atoms. The minimum Gasteiger partial charge on any atom is -0.465 e. The van der Waals surface area contributed by atoms with Crippen molar-refractivity contribution in [2.75, 3.05) is 6.61 Å². The summed E-state index contributed by atoms with van der Waals surface area (Å²) in [6.07, 6.45) is 5.78. The number of esters is 1. The van der Waals surface area contributed by atoms with Crippen molar-refractivity contribution in [2.24, 2.45) is 5.73 Å². The molecule has 5 heteroatoms. The normalized spacial score (nSPS) is 29.2. The number of carbonyl (C=O) groups excluding carboxylic acids is 1. The van der Waals surface area contributed by atoms with E-state index in [4.69, 9.17) is 10.5 Å². The highest BCUT2D eigenvalue weighted by Crippen LogP contribution is 2.36. The molecule has 0 amide bonds. The van der Waals surface area contributed by atoms with E-state index in [2.05, 4.69) is 5.10 Å². The molecule has 0 radical (unpaired) electrons. The monoisotopic (exact) mass is 223 g/mol. The first-order valence-corrected chi connectivity index (χ1v) is 5.61. The fourth-order valence-electron chi connectivity index (χ4n) is 2.23. The lowest BCUT2D eigenvalue weighted by Gasteiger charge is -2.21. The standard InChI is InChI=1S/C11H17N3O2/c1-2-16-10(15)11(12)5-4-9(8-11)14-7-3-6-13-14/h3,6-7,9H,2,4-5,8,12H2,1H3. The van der Waals surface area contributed by atoms with Crippen molar-refractivity contribution in [1.82, 2.24) is 9.78 Å². The molecule has 2 N–H and O–H groups in total. The second-order valence-electron chi connectivity index (χ2n) is 4.26. The summed E-state index contributed by atoms with van der Waals surface area (Å²) in [6.45, 7) is 2.17. The number of ether oxygens (including phenoxy) is 1. The summed E-state index contributed by atoms with van der Waals surface area (Å²) in [7, 11) is 0. The smallest absolute Gasteiger partial charge is 0.326 e. The summed E-state index contributed by atoms with van der Waals surface area (Å²) in [4.78, 5) is 11.7. The average molecular weight is 223 g/mol. The zero-order valence-corrected chi connectivity index (χ0v) is 9.43. The zero-order chi connectivity index (χ0) is 11.6. The van der Waals surface area contributed by atoms with Crippen molar-refractivity contribution >= 4 is 5.97 Å². The van der Waals surface area contributed by atoms with Gasteiger partial charge in [0.1, 0.15) is 5.54 Å². The topological polar surface area (TPSA) is 70.1 Å². The first-order valence-electron chi connectivity index (χ1n) is 5.61. The van der Waals surface area contributed by atoms with Gasteiger partial charge in [-0.05, 0) is 32.3 Å². The number of rotatable bonds is 3. The second-order valence-corrected chi connectivity index (χ2v) is 4.26. The number of hydrogen-bond acceptors (Lipinski definition) is 4. The second kappa shape index (κ2) is 4.25. The highest BCUT2D eigenvalue weighted by Gasteiger charge is 2.43. The maximum absolute atomic E-state index is 11.7. The van der Waals surface area contributed by atoms with Crippen LogP contribution in [0, 0.1) is 0 Å². The Balaban J connectivity index is 2.04. The quantitative estimate of drug-likeness (QED) is 0.772. The number of nitrogens with two attached hydrogens (primary N) is 1. The molecule has 1 aromatic rings. The van der Waals surface area contributed by atoms with Gasteiger partial charge < -0.3 is 10.5 Å². The van der Waals surface area contributed by atoms with E-state index in [1.807, 2.05) is 16.9 Å². The summed E-state index contributed by atoms with van der Waals surface area (Å²) in [6, 6.07) is 2.09. The SMILES string of the molecule is CCOC(=O)C1(N)CCC(n2cccn2)C1. The van der Waals surface area contributed by atoms with Crippen molar-refractivity contribution in [1.29, 1.82) is 0 Å². The number of hydrogen-bond donors (Lipinski definition) is 1. The van der Waals surface area contributed by atoms with Crippen LogP contribution in [0.2, 0.25) is 0 Å². The maximum atomic E-state index is 11.7. The predicted octanol–water partition coefficient (Wildman–Crippen LogP) is 0.869. The van der Waals surface area contributed by atoms with Crippen molar-refractivity contribution < 1.29 is 9.53 Å². The van der Waals surface area contributed by atoms with Crippen LogP contribution in [0.3, 0.4) is 0 Å². The van der Waals surface area contributed by atoms with Gasteiger partial charge in [0.05, 0.1) is 12.6 Å². The molecular weight excluding hydrogens is 206 g/mol. The highest BCUT2D eigenvalue weighted by atomic mass is 16.5. The van der Waals surface area contributed by atoms with Crippen molar-refractivity contribution in [3.05, 3.63) is 18.5 Å². The van der Waals surface area contributed by atoms with E-state index in [1.165, 1.54) is 0 Å². The Bertz CT molecular complexity index is 363. The summed E-state index contributed by atoms with van der Waals surface area (Å²) in [5.74, 6) is -0.287. The molecule has 1 fully saturated rings. The Morgan fingerprint density at radius 2 is 2.56 bits per heavy atom. The molecule has 1 saturated carbocycles. The van der Waals surface area contributed by atoms with E-state index in [0.29, 0.717) is 19.4 Å². The molecule has 2 rings (SSSR count). The Kier molecular flexibility index (Phi) is 2.96. The molecule has 0 aliphatic heterocycles. The van der Waals surface area contributed by atoms with Crippen LogP contribution in [0.4, 0.5) is 0 Å². The van der Waals surface area contributed by atoms with Gasteiger partial charge in [0.15, 0.2) is 0 Å². The molecule has 0 saturated heterocycles. The summed E-state index contributed by atoms with van der Waals surface area (Å²) < 4.78 is 6.87. The summed E-state index contributed by atoms with van der Waals surface area (Å²) in [5.41, 5.74) is 5.24. The first-order chi connectivity index (χ1) is 7.65. The van der Waals surface area contributed by atoms with E-state index in [-0.39, 0.29) is 12.0 Å². The summed E-state index contributed by atoms with van der Waals surface area (Å²) >= 11 is 0. The lowest BCUT2D eigenvalue weighted by Crippen LogP contribution is -2.46. The van der Waals surface area contributed by atoms with Crippen LogP contribution in [0.5, 0.6) is 0 Å². The van der Waals surface area contributed by atoms with Crippen LogP contribution < -0.4 is 5.73 Å². The van der Waals surface area contributed by atoms with Crippen LogP contribution in [0.25, 0.3) is 0 Å². The lowest BCUT2D eigenvalue weighted by molar-refractivity contribution is -0.149. The van der Waals surface area contributed by atoms with E-state index in [0.717, 1.165) is 6.42 Å². The minimum absolute atomic E-state index is 0.212. The van der Waals surface area contributed by atoms with Crippen molar-refractivity contribution in [2.45, 2.75) is 37.8 Å². The van der Waals surface area contributed by atoms with E-state index >= 15 is 0 Å². The van der Waals surface area contributed by atoms with Gasteiger partial charge in [-0.2, -0.15) is 5.10 Å². The van der Waals surface area contributed by atoms with Gasteiger partial charge in [-0.1, -0.05) is 0 Å². The third-order valence-electron chi connectivity index (χ3n) is 3.10. The van der Waals surface area contributed by atoms with Crippen LogP contribution in [-0.2, 0) is 9.53 Å². The number of carbonyl (C=O) groups is 1. The van der Waals surface area contributed by atoms with Crippen LogP contribution in [0.15, 0.2) is 18.5 Å². The van der Waals surface area contributed by atoms with Gasteiger partial charge in [-0.25, -0.2) is 0 Å². The first kappa shape index (κ1) is 11.1. The molecule has 88 valence electrons. The van der Waals surface area contributed by atoms with Gasteiger partial charge in [-0.15, -0.1) is 0 Å². The van der Waals surface area contributed by atoms with Crippen LogP contribution in [0.1, 0.15) is 32.2 Å². The average Bonchev–Trinajstić information content (AvgIpc) is 2.87. The van der Waals surface area contributed by atoms with Gasteiger partial charge in [0.2, 0.25) is 0 Å². The predicted molar refractivity (Wildman–Crippen MR) is 58.7 cm³/mol. The molecule has 1 heterocycles. The molecule has 1 aliphatic carbocycles. The minimum atomic E-state index is -0.827. The molecule has 2 unspecified atom stereocenters. The highest BCUT2D eigenvalue weighted by molar-refractivity contribution is 5.81. The third-order valence-corrected chi connectivity index (χ3v) is 3.10.